The zero-order valence-electron chi connectivity index (χ0n) is 9.11. The fourth-order valence-electron chi connectivity index (χ4n) is 3.66. The van der Waals surface area contributed by atoms with Crippen molar-refractivity contribution in [3.63, 3.8) is 0 Å². The second kappa shape index (κ2) is 3.48. The highest BCUT2D eigenvalue weighted by Crippen LogP contribution is 2.57. The van der Waals surface area contributed by atoms with E-state index in [0.717, 1.165) is 24.7 Å². The van der Waals surface area contributed by atoms with Gasteiger partial charge in [-0.2, -0.15) is 0 Å². The van der Waals surface area contributed by atoms with Crippen molar-refractivity contribution < 1.29 is 4.79 Å². The van der Waals surface area contributed by atoms with E-state index < -0.39 is 0 Å². The summed E-state index contributed by atoms with van der Waals surface area (Å²) >= 11 is 0. The van der Waals surface area contributed by atoms with Crippen LogP contribution < -0.4 is 11.1 Å². The molecule has 3 fully saturated rings. The molecular weight excluding hydrogens is 188 g/mol. The fourth-order valence-corrected chi connectivity index (χ4v) is 3.66. The van der Waals surface area contributed by atoms with Crippen molar-refractivity contribution >= 4 is 5.91 Å². The normalized spacial score (nSPS) is 47.7. The third-order valence-electron chi connectivity index (χ3n) is 4.61. The molecule has 0 aromatic carbocycles. The number of nitrogens with two attached hydrogens (primary N) is 1. The van der Waals surface area contributed by atoms with Gasteiger partial charge in [-0.3, -0.25) is 4.79 Å². The lowest BCUT2D eigenvalue weighted by Crippen LogP contribution is -2.45. The predicted molar refractivity (Wildman–Crippen MR) is 58.1 cm³/mol. The van der Waals surface area contributed by atoms with Gasteiger partial charge in [0.2, 0.25) is 5.91 Å². The number of carbonyl (C=O) groups is 1. The predicted octanol–water partition coefficient (Wildman–Crippen LogP) is 1.03. The summed E-state index contributed by atoms with van der Waals surface area (Å²) in [5.41, 5.74) is 5.95. The zero-order chi connectivity index (χ0) is 10.4. The Kier molecular flexibility index (Phi) is 2.23. The van der Waals surface area contributed by atoms with Crippen molar-refractivity contribution in [1.82, 2.24) is 5.32 Å². The average Bonchev–Trinajstić information content (AvgIpc) is 2.60. The summed E-state index contributed by atoms with van der Waals surface area (Å²) in [6.45, 7) is 0. The van der Waals surface area contributed by atoms with Crippen LogP contribution in [0.1, 0.15) is 38.5 Å². The minimum atomic E-state index is 0.201. The standard InChI is InChI=1S/C12H20N2O/c13-9-5-2-6-10(9)14-12(15)11-7-3-1-4-8(7)11/h7-11H,1-6,13H2,(H,14,15). The summed E-state index contributed by atoms with van der Waals surface area (Å²) in [6, 6.07) is 0.464. The number of amides is 1. The third kappa shape index (κ3) is 1.57. The second-order valence-electron chi connectivity index (χ2n) is 5.49. The van der Waals surface area contributed by atoms with Crippen molar-refractivity contribution in [2.24, 2.45) is 23.5 Å². The zero-order valence-corrected chi connectivity index (χ0v) is 9.11. The smallest absolute Gasteiger partial charge is 0.223 e. The highest BCUT2D eigenvalue weighted by Gasteiger charge is 2.56. The summed E-state index contributed by atoms with van der Waals surface area (Å²) in [6.07, 6.45) is 7.21. The van der Waals surface area contributed by atoms with Crippen LogP contribution in [0.15, 0.2) is 0 Å². The maximum atomic E-state index is 12.0. The second-order valence-corrected chi connectivity index (χ2v) is 5.49. The van der Waals surface area contributed by atoms with Gasteiger partial charge < -0.3 is 11.1 Å². The van der Waals surface area contributed by atoms with Crippen LogP contribution in [0.4, 0.5) is 0 Å². The number of hydrogen-bond donors (Lipinski definition) is 2. The first kappa shape index (κ1) is 9.64. The third-order valence-corrected chi connectivity index (χ3v) is 4.61. The van der Waals surface area contributed by atoms with Crippen LogP contribution in [0.2, 0.25) is 0 Å². The molecule has 3 aliphatic rings. The molecule has 0 spiro atoms. The van der Waals surface area contributed by atoms with E-state index in [4.69, 9.17) is 5.73 Å². The molecule has 0 bridgehead atoms. The molecule has 4 atom stereocenters. The molecule has 0 radical (unpaired) electrons. The number of rotatable bonds is 2. The van der Waals surface area contributed by atoms with E-state index in [1.165, 1.54) is 25.7 Å². The topological polar surface area (TPSA) is 55.1 Å². The van der Waals surface area contributed by atoms with Gasteiger partial charge in [0, 0.05) is 18.0 Å². The Morgan fingerprint density at radius 1 is 1.07 bits per heavy atom. The van der Waals surface area contributed by atoms with E-state index in [0.29, 0.717) is 11.8 Å². The van der Waals surface area contributed by atoms with E-state index in [2.05, 4.69) is 5.32 Å². The molecule has 1 amide bonds. The van der Waals surface area contributed by atoms with Crippen LogP contribution in [-0.4, -0.2) is 18.0 Å². The van der Waals surface area contributed by atoms with E-state index in [1.807, 2.05) is 0 Å². The van der Waals surface area contributed by atoms with Crippen molar-refractivity contribution in [2.75, 3.05) is 0 Å². The summed E-state index contributed by atoms with van der Waals surface area (Å²) in [5, 5.41) is 3.16. The van der Waals surface area contributed by atoms with Gasteiger partial charge in [-0.25, -0.2) is 0 Å². The Labute approximate surface area is 90.8 Å². The number of fused-ring (bicyclic) bond motifs is 1. The van der Waals surface area contributed by atoms with Crippen LogP contribution in [0.5, 0.6) is 0 Å². The van der Waals surface area contributed by atoms with Gasteiger partial charge in [0.15, 0.2) is 0 Å². The van der Waals surface area contributed by atoms with Crippen molar-refractivity contribution in [2.45, 2.75) is 50.6 Å². The first-order chi connectivity index (χ1) is 7.27. The van der Waals surface area contributed by atoms with Gasteiger partial charge >= 0.3 is 0 Å². The van der Waals surface area contributed by atoms with Gasteiger partial charge in [0.05, 0.1) is 0 Å². The number of nitrogens with one attached hydrogen (secondary N) is 1. The largest absolute Gasteiger partial charge is 0.352 e. The molecule has 3 heteroatoms. The van der Waals surface area contributed by atoms with Crippen LogP contribution in [0.3, 0.4) is 0 Å². The molecular formula is C12H20N2O. The van der Waals surface area contributed by atoms with E-state index in [1.54, 1.807) is 0 Å². The molecule has 3 saturated carbocycles. The molecule has 3 N–H and O–H groups in total. The first-order valence-corrected chi connectivity index (χ1v) is 6.33. The van der Waals surface area contributed by atoms with Gasteiger partial charge in [-0.05, 0) is 43.9 Å². The lowest BCUT2D eigenvalue weighted by Gasteiger charge is -2.17. The number of carbonyl (C=O) groups excluding carboxylic acids is 1. The highest BCUT2D eigenvalue weighted by molar-refractivity contribution is 5.82. The Hall–Kier alpha value is -0.570. The van der Waals surface area contributed by atoms with Crippen LogP contribution >= 0.6 is 0 Å². The first-order valence-electron chi connectivity index (χ1n) is 6.33. The molecule has 0 aromatic heterocycles. The quantitative estimate of drug-likeness (QED) is 0.712. The highest BCUT2D eigenvalue weighted by atomic mass is 16.2. The Balaban J connectivity index is 1.53. The molecule has 0 saturated heterocycles. The van der Waals surface area contributed by atoms with E-state index in [-0.39, 0.29) is 12.1 Å². The minimum Gasteiger partial charge on any atom is -0.352 e. The molecule has 0 aromatic rings. The molecule has 4 unspecified atom stereocenters. The van der Waals surface area contributed by atoms with Crippen LogP contribution in [-0.2, 0) is 4.79 Å². The lowest BCUT2D eigenvalue weighted by molar-refractivity contribution is -0.123. The monoisotopic (exact) mass is 208 g/mol. The van der Waals surface area contributed by atoms with E-state index in [9.17, 15) is 4.79 Å². The van der Waals surface area contributed by atoms with Gasteiger partial charge in [0.1, 0.15) is 0 Å². The van der Waals surface area contributed by atoms with Crippen molar-refractivity contribution in [3.8, 4) is 0 Å². The molecule has 3 aliphatic carbocycles. The molecule has 3 rings (SSSR count). The summed E-state index contributed by atoms with van der Waals surface area (Å²) in [5.74, 6) is 2.10. The lowest BCUT2D eigenvalue weighted by atomic mass is 10.1. The van der Waals surface area contributed by atoms with Gasteiger partial charge in [0.25, 0.3) is 0 Å². The number of hydrogen-bond acceptors (Lipinski definition) is 2. The maximum Gasteiger partial charge on any atom is 0.223 e. The van der Waals surface area contributed by atoms with Gasteiger partial charge in [-0.1, -0.05) is 6.42 Å². The Morgan fingerprint density at radius 3 is 2.33 bits per heavy atom. The van der Waals surface area contributed by atoms with Gasteiger partial charge in [-0.15, -0.1) is 0 Å². The SMILES string of the molecule is NC1CCCC1NC(=O)C1C2CCCC21. The maximum absolute atomic E-state index is 12.0. The van der Waals surface area contributed by atoms with Crippen molar-refractivity contribution in [1.29, 1.82) is 0 Å². The fraction of sp³-hybridized carbons (Fsp3) is 0.917. The Morgan fingerprint density at radius 2 is 1.73 bits per heavy atom. The van der Waals surface area contributed by atoms with Crippen LogP contribution in [0, 0.1) is 17.8 Å². The molecule has 0 aliphatic heterocycles. The summed E-state index contributed by atoms with van der Waals surface area (Å²) in [4.78, 5) is 12.0. The minimum absolute atomic E-state index is 0.201. The molecule has 15 heavy (non-hydrogen) atoms. The van der Waals surface area contributed by atoms with E-state index >= 15 is 0 Å². The summed E-state index contributed by atoms with van der Waals surface area (Å²) in [7, 11) is 0. The molecule has 3 nitrogen and oxygen atoms in total. The summed E-state index contributed by atoms with van der Waals surface area (Å²) < 4.78 is 0. The molecule has 84 valence electrons. The molecule has 0 heterocycles. The average molecular weight is 208 g/mol. The Bertz CT molecular complexity index is 269. The van der Waals surface area contributed by atoms with Crippen LogP contribution in [0.25, 0.3) is 0 Å². The van der Waals surface area contributed by atoms with Crippen molar-refractivity contribution in [3.05, 3.63) is 0 Å².